The van der Waals surface area contributed by atoms with Crippen LogP contribution in [0.5, 0.6) is 0 Å². The lowest BCUT2D eigenvalue weighted by Crippen LogP contribution is -2.13. The maximum absolute atomic E-state index is 6.04. The predicted molar refractivity (Wildman–Crippen MR) is 62.8 cm³/mol. The average molecular weight is 232 g/mol. The van der Waals surface area contributed by atoms with Crippen molar-refractivity contribution in [2.45, 2.75) is 26.3 Å². The van der Waals surface area contributed by atoms with Crippen LogP contribution in [-0.4, -0.2) is 0 Å². The topological polar surface area (TPSA) is 26.0 Å². The van der Waals surface area contributed by atoms with Crippen LogP contribution in [0.25, 0.3) is 0 Å². The number of nitrogens with two attached hydrogens (primary N) is 1. The fourth-order valence-electron chi connectivity index (χ4n) is 1.44. The van der Waals surface area contributed by atoms with Crippen molar-refractivity contribution in [2.75, 3.05) is 0 Å². The van der Waals surface area contributed by atoms with Crippen LogP contribution in [-0.2, 0) is 0 Å². The molecule has 1 atom stereocenters. The third kappa shape index (κ3) is 3.16. The van der Waals surface area contributed by atoms with Gasteiger partial charge in [-0.2, -0.15) is 0 Å². The van der Waals surface area contributed by atoms with Gasteiger partial charge >= 0.3 is 0 Å². The van der Waals surface area contributed by atoms with Gasteiger partial charge in [-0.25, -0.2) is 0 Å². The third-order valence-corrected chi connectivity index (χ3v) is 2.65. The van der Waals surface area contributed by atoms with Crippen molar-refractivity contribution in [2.24, 2.45) is 11.7 Å². The van der Waals surface area contributed by atoms with E-state index in [2.05, 4.69) is 13.8 Å². The van der Waals surface area contributed by atoms with E-state index in [-0.39, 0.29) is 6.04 Å². The van der Waals surface area contributed by atoms with E-state index in [1.165, 1.54) is 0 Å². The molecule has 0 aliphatic carbocycles. The van der Waals surface area contributed by atoms with Crippen LogP contribution in [0.15, 0.2) is 18.2 Å². The zero-order valence-electron chi connectivity index (χ0n) is 8.43. The van der Waals surface area contributed by atoms with Crippen LogP contribution in [0.1, 0.15) is 31.9 Å². The summed E-state index contributed by atoms with van der Waals surface area (Å²) in [6.45, 7) is 4.29. The monoisotopic (exact) mass is 231 g/mol. The van der Waals surface area contributed by atoms with Gasteiger partial charge in [0.05, 0.1) is 0 Å². The van der Waals surface area contributed by atoms with E-state index < -0.39 is 0 Å². The van der Waals surface area contributed by atoms with Crippen molar-refractivity contribution in [3.05, 3.63) is 33.8 Å². The van der Waals surface area contributed by atoms with Crippen molar-refractivity contribution < 1.29 is 0 Å². The summed E-state index contributed by atoms with van der Waals surface area (Å²) in [5.41, 5.74) is 7.00. The first-order valence-corrected chi connectivity index (χ1v) is 5.47. The molecule has 0 aromatic heterocycles. The highest BCUT2D eigenvalue weighted by Crippen LogP contribution is 2.28. The summed E-state index contributed by atoms with van der Waals surface area (Å²) in [4.78, 5) is 0. The first kappa shape index (κ1) is 11.8. The van der Waals surface area contributed by atoms with Crippen LogP contribution in [0.2, 0.25) is 10.0 Å². The minimum atomic E-state index is -0.000216. The second-order valence-electron chi connectivity index (χ2n) is 3.90. The van der Waals surface area contributed by atoms with Gasteiger partial charge in [-0.05, 0) is 30.0 Å². The van der Waals surface area contributed by atoms with Crippen molar-refractivity contribution in [3.63, 3.8) is 0 Å². The average Bonchev–Trinajstić information content (AvgIpc) is 2.01. The Labute approximate surface area is 95.2 Å². The molecule has 3 heteroatoms. The first-order chi connectivity index (χ1) is 6.50. The van der Waals surface area contributed by atoms with Crippen LogP contribution >= 0.6 is 23.2 Å². The molecule has 0 heterocycles. The Hall–Kier alpha value is -0.240. The molecule has 0 amide bonds. The lowest BCUT2D eigenvalue weighted by atomic mass is 9.98. The molecule has 2 N–H and O–H groups in total. The molecule has 0 fully saturated rings. The lowest BCUT2D eigenvalue weighted by molar-refractivity contribution is 0.510. The standard InChI is InChI=1S/C11H15Cl2N/c1-7(2)5-11(14)9-4-3-8(12)6-10(9)13/h3-4,6-7,11H,5,14H2,1-2H3/t11-/m1/s1. The summed E-state index contributed by atoms with van der Waals surface area (Å²) in [5.74, 6) is 0.566. The Balaban J connectivity index is 2.84. The number of halogens is 2. The molecule has 1 aromatic rings. The number of hydrogen-bond donors (Lipinski definition) is 1. The maximum Gasteiger partial charge on any atom is 0.0468 e. The van der Waals surface area contributed by atoms with Crippen molar-refractivity contribution in [3.8, 4) is 0 Å². The minimum Gasteiger partial charge on any atom is -0.324 e. The van der Waals surface area contributed by atoms with Gasteiger partial charge in [0.15, 0.2) is 0 Å². The zero-order valence-corrected chi connectivity index (χ0v) is 9.94. The van der Waals surface area contributed by atoms with E-state index in [4.69, 9.17) is 28.9 Å². The maximum atomic E-state index is 6.04. The van der Waals surface area contributed by atoms with Crippen LogP contribution in [0.3, 0.4) is 0 Å². The SMILES string of the molecule is CC(C)C[C@@H](N)c1ccc(Cl)cc1Cl. The molecule has 0 unspecified atom stereocenters. The van der Waals surface area contributed by atoms with Gasteiger partial charge in [0.2, 0.25) is 0 Å². The van der Waals surface area contributed by atoms with E-state index >= 15 is 0 Å². The number of benzene rings is 1. The molecule has 1 aromatic carbocycles. The van der Waals surface area contributed by atoms with Crippen LogP contribution in [0.4, 0.5) is 0 Å². The Morgan fingerprint density at radius 2 is 1.93 bits per heavy atom. The summed E-state index contributed by atoms with van der Waals surface area (Å²) < 4.78 is 0. The van der Waals surface area contributed by atoms with E-state index in [9.17, 15) is 0 Å². The highest BCUT2D eigenvalue weighted by atomic mass is 35.5. The van der Waals surface area contributed by atoms with Crippen LogP contribution in [0, 0.1) is 5.92 Å². The summed E-state index contributed by atoms with van der Waals surface area (Å²) in [6.07, 6.45) is 0.932. The Morgan fingerprint density at radius 3 is 2.43 bits per heavy atom. The third-order valence-electron chi connectivity index (χ3n) is 2.09. The molecule has 14 heavy (non-hydrogen) atoms. The van der Waals surface area contributed by atoms with Gasteiger partial charge in [0.25, 0.3) is 0 Å². The van der Waals surface area contributed by atoms with Gasteiger partial charge in [-0.15, -0.1) is 0 Å². The van der Waals surface area contributed by atoms with E-state index in [0.29, 0.717) is 16.0 Å². The molecule has 1 nitrogen and oxygen atoms in total. The second-order valence-corrected chi connectivity index (χ2v) is 4.75. The van der Waals surface area contributed by atoms with Gasteiger partial charge in [-0.3, -0.25) is 0 Å². The second kappa shape index (κ2) is 5.01. The fraction of sp³-hybridized carbons (Fsp3) is 0.455. The molecule has 0 aliphatic rings. The van der Waals surface area contributed by atoms with Gasteiger partial charge < -0.3 is 5.73 Å². The Bertz CT molecular complexity index is 310. The fourth-order valence-corrected chi connectivity index (χ4v) is 1.99. The number of rotatable bonds is 3. The Kier molecular flexibility index (Phi) is 4.24. The summed E-state index contributed by atoms with van der Waals surface area (Å²) in [7, 11) is 0. The molecule has 0 saturated carbocycles. The molecule has 0 spiro atoms. The smallest absolute Gasteiger partial charge is 0.0468 e. The molecule has 0 aliphatic heterocycles. The molecular weight excluding hydrogens is 217 g/mol. The highest BCUT2D eigenvalue weighted by Gasteiger charge is 2.11. The quantitative estimate of drug-likeness (QED) is 0.836. The molecule has 1 rings (SSSR count). The van der Waals surface area contributed by atoms with E-state index in [1.807, 2.05) is 12.1 Å². The first-order valence-electron chi connectivity index (χ1n) is 4.71. The predicted octanol–water partition coefficient (Wildman–Crippen LogP) is 4.04. The van der Waals surface area contributed by atoms with Gasteiger partial charge in [-0.1, -0.05) is 43.1 Å². The highest BCUT2D eigenvalue weighted by molar-refractivity contribution is 6.35. The Morgan fingerprint density at radius 1 is 1.29 bits per heavy atom. The van der Waals surface area contributed by atoms with E-state index in [0.717, 1.165) is 12.0 Å². The molecule has 78 valence electrons. The van der Waals surface area contributed by atoms with E-state index in [1.54, 1.807) is 6.07 Å². The summed E-state index contributed by atoms with van der Waals surface area (Å²) in [5, 5.41) is 1.31. The van der Waals surface area contributed by atoms with Crippen molar-refractivity contribution >= 4 is 23.2 Å². The molecular formula is C11H15Cl2N. The van der Waals surface area contributed by atoms with Gasteiger partial charge in [0.1, 0.15) is 0 Å². The molecule has 0 bridgehead atoms. The van der Waals surface area contributed by atoms with Gasteiger partial charge in [0, 0.05) is 16.1 Å². The number of hydrogen-bond acceptors (Lipinski definition) is 1. The molecule has 0 radical (unpaired) electrons. The van der Waals surface area contributed by atoms with Crippen LogP contribution < -0.4 is 5.73 Å². The molecule has 0 saturated heterocycles. The van der Waals surface area contributed by atoms with Crippen molar-refractivity contribution in [1.82, 2.24) is 0 Å². The largest absolute Gasteiger partial charge is 0.324 e. The summed E-state index contributed by atoms with van der Waals surface area (Å²) in [6, 6.07) is 5.46. The lowest BCUT2D eigenvalue weighted by Gasteiger charge is -2.15. The van der Waals surface area contributed by atoms with Crippen molar-refractivity contribution in [1.29, 1.82) is 0 Å². The zero-order chi connectivity index (χ0) is 10.7. The normalized spacial score (nSPS) is 13.3. The summed E-state index contributed by atoms with van der Waals surface area (Å²) >= 11 is 11.8. The minimum absolute atomic E-state index is 0.000216.